The maximum Gasteiger partial charge on any atom is 0.410 e. The van der Waals surface area contributed by atoms with Crippen LogP contribution in [0.25, 0.3) is 11.1 Å². The summed E-state index contributed by atoms with van der Waals surface area (Å²) < 4.78 is 5.98. The second kappa shape index (κ2) is 9.20. The van der Waals surface area contributed by atoms with Crippen LogP contribution in [0.4, 0.5) is 4.79 Å². The Bertz CT molecular complexity index is 1010. The van der Waals surface area contributed by atoms with Crippen LogP contribution in [-0.2, 0) is 9.53 Å². The molecule has 2 bridgehead atoms. The van der Waals surface area contributed by atoms with Gasteiger partial charge in [-0.3, -0.25) is 4.79 Å². The molecule has 3 fully saturated rings. The molecule has 1 saturated carbocycles. The molecular weight excluding hydrogens is 422 g/mol. The summed E-state index contributed by atoms with van der Waals surface area (Å²) in [6.45, 7) is 0.368. The Hall–Kier alpha value is -2.62. The van der Waals surface area contributed by atoms with E-state index in [1.165, 1.54) is 54.4 Å². The molecule has 1 amide bonds. The van der Waals surface area contributed by atoms with Gasteiger partial charge in [-0.25, -0.2) is 4.79 Å². The number of Topliss-reactive ketones (excluding diaryl/α,β-unsaturated/α-hetero) is 1. The molecule has 2 aliphatic carbocycles. The molecule has 0 radical (unpaired) electrons. The van der Waals surface area contributed by atoms with E-state index in [4.69, 9.17) is 4.74 Å². The lowest BCUT2D eigenvalue weighted by atomic mass is 9.80. The van der Waals surface area contributed by atoms with Gasteiger partial charge < -0.3 is 9.64 Å². The van der Waals surface area contributed by atoms with E-state index in [1.807, 2.05) is 4.90 Å². The van der Waals surface area contributed by atoms with E-state index in [0.29, 0.717) is 18.3 Å². The minimum absolute atomic E-state index is 0.0867. The molecule has 2 aromatic carbocycles. The lowest BCUT2D eigenvalue weighted by Gasteiger charge is -2.38. The molecule has 2 atom stereocenters. The van der Waals surface area contributed by atoms with Crippen LogP contribution in [0.1, 0.15) is 81.3 Å². The van der Waals surface area contributed by atoms with Crippen molar-refractivity contribution in [1.29, 1.82) is 0 Å². The number of carbonyl (C=O) groups excluding carboxylic acids is 2. The maximum absolute atomic E-state index is 13.3. The van der Waals surface area contributed by atoms with Crippen LogP contribution in [0, 0.1) is 11.8 Å². The predicted molar refractivity (Wildman–Crippen MR) is 133 cm³/mol. The van der Waals surface area contributed by atoms with Crippen LogP contribution in [0.3, 0.4) is 0 Å². The minimum atomic E-state index is -0.187. The summed E-state index contributed by atoms with van der Waals surface area (Å²) in [5, 5.41) is 0. The number of ether oxygens (including phenoxy) is 1. The van der Waals surface area contributed by atoms with Crippen molar-refractivity contribution in [1.82, 2.24) is 4.90 Å². The van der Waals surface area contributed by atoms with Gasteiger partial charge in [0.15, 0.2) is 0 Å². The highest BCUT2D eigenvalue weighted by molar-refractivity contribution is 5.82. The number of hydrogen-bond donors (Lipinski definition) is 0. The van der Waals surface area contributed by atoms with Gasteiger partial charge in [-0.05, 0) is 53.9 Å². The van der Waals surface area contributed by atoms with Crippen molar-refractivity contribution in [2.75, 3.05) is 6.61 Å². The molecule has 0 N–H and O–H groups in total. The molecule has 178 valence electrons. The molecule has 0 spiro atoms. The highest BCUT2D eigenvalue weighted by atomic mass is 16.6. The molecule has 0 aromatic heterocycles. The lowest BCUT2D eigenvalue weighted by molar-refractivity contribution is -0.126. The van der Waals surface area contributed by atoms with Crippen molar-refractivity contribution >= 4 is 11.9 Å². The topological polar surface area (TPSA) is 46.6 Å². The number of amides is 1. The van der Waals surface area contributed by atoms with Crippen LogP contribution in [0.5, 0.6) is 0 Å². The molecule has 2 saturated heterocycles. The van der Waals surface area contributed by atoms with Gasteiger partial charge in [0.05, 0.1) is 0 Å². The van der Waals surface area contributed by atoms with Crippen molar-refractivity contribution in [3.8, 4) is 11.1 Å². The molecule has 34 heavy (non-hydrogen) atoms. The number of fused-ring (bicyclic) bond motifs is 5. The van der Waals surface area contributed by atoms with Gasteiger partial charge in [-0.2, -0.15) is 0 Å². The van der Waals surface area contributed by atoms with Gasteiger partial charge in [-0.1, -0.05) is 80.6 Å². The monoisotopic (exact) mass is 457 g/mol. The summed E-state index contributed by atoms with van der Waals surface area (Å²) in [4.78, 5) is 28.3. The standard InChI is InChI=1S/C30H35NO3/c32-29(16-20-8-2-1-3-9-20)21-17-22-14-15-23(18-21)31(22)30(33)34-19-28-26-12-6-4-10-24(26)25-11-5-7-13-27(25)28/h4-7,10-13,20-23,28H,1-3,8-9,14-19H2. The van der Waals surface area contributed by atoms with Gasteiger partial charge in [-0.15, -0.1) is 0 Å². The van der Waals surface area contributed by atoms with E-state index >= 15 is 0 Å². The number of nitrogens with zero attached hydrogens (tertiary/aromatic N) is 1. The molecule has 2 aromatic rings. The number of piperidine rings is 1. The highest BCUT2D eigenvalue weighted by Crippen LogP contribution is 2.45. The van der Waals surface area contributed by atoms with Crippen LogP contribution in [-0.4, -0.2) is 35.5 Å². The Kier molecular flexibility index (Phi) is 5.92. The van der Waals surface area contributed by atoms with E-state index in [2.05, 4.69) is 48.5 Å². The fourth-order valence-electron chi connectivity index (χ4n) is 7.25. The Balaban J connectivity index is 1.09. The zero-order valence-corrected chi connectivity index (χ0v) is 20.0. The third kappa shape index (κ3) is 3.95. The van der Waals surface area contributed by atoms with E-state index < -0.39 is 0 Å². The summed E-state index contributed by atoms with van der Waals surface area (Å²) in [6, 6.07) is 17.2. The van der Waals surface area contributed by atoms with Crippen LogP contribution >= 0.6 is 0 Å². The fraction of sp³-hybridized carbons (Fsp3) is 0.533. The SMILES string of the molecule is O=C(CC1CCCCC1)C1CC2CCC(C1)N2C(=O)OCC1c2ccccc2-c2ccccc21. The first-order valence-electron chi connectivity index (χ1n) is 13.3. The van der Waals surface area contributed by atoms with Crippen molar-refractivity contribution in [3.05, 3.63) is 59.7 Å². The van der Waals surface area contributed by atoms with Gasteiger partial charge in [0, 0.05) is 30.3 Å². The zero-order valence-electron chi connectivity index (χ0n) is 20.0. The number of carbonyl (C=O) groups is 2. The number of hydrogen-bond acceptors (Lipinski definition) is 3. The summed E-state index contributed by atoms with van der Waals surface area (Å²) in [5.41, 5.74) is 4.98. The van der Waals surface area contributed by atoms with E-state index in [-0.39, 0.29) is 30.0 Å². The first-order chi connectivity index (χ1) is 16.7. The average Bonchev–Trinajstić information content (AvgIpc) is 3.33. The van der Waals surface area contributed by atoms with E-state index in [9.17, 15) is 9.59 Å². The smallest absolute Gasteiger partial charge is 0.410 e. The normalized spacial score (nSPS) is 26.2. The zero-order chi connectivity index (χ0) is 23.1. The lowest BCUT2D eigenvalue weighted by Crippen LogP contribution is -2.48. The third-order valence-corrected chi connectivity index (χ3v) is 8.95. The summed E-state index contributed by atoms with van der Waals surface area (Å²) in [5.74, 6) is 1.27. The van der Waals surface area contributed by atoms with Crippen LogP contribution in [0.2, 0.25) is 0 Å². The Morgan fingerprint density at radius 3 is 2.00 bits per heavy atom. The quantitative estimate of drug-likeness (QED) is 0.501. The second-order valence-corrected chi connectivity index (χ2v) is 10.9. The summed E-state index contributed by atoms with van der Waals surface area (Å²) >= 11 is 0. The van der Waals surface area contributed by atoms with Gasteiger partial charge in [0.2, 0.25) is 0 Å². The molecule has 2 aliphatic heterocycles. The Morgan fingerprint density at radius 1 is 0.794 bits per heavy atom. The molecule has 6 rings (SSSR count). The first kappa shape index (κ1) is 21.9. The van der Waals surface area contributed by atoms with Crippen molar-refractivity contribution < 1.29 is 14.3 Å². The summed E-state index contributed by atoms with van der Waals surface area (Å²) in [6.07, 6.45) is 10.6. The number of ketones is 1. The predicted octanol–water partition coefficient (Wildman–Crippen LogP) is 6.72. The number of rotatable bonds is 5. The van der Waals surface area contributed by atoms with Crippen molar-refractivity contribution in [2.24, 2.45) is 11.8 Å². The third-order valence-electron chi connectivity index (χ3n) is 8.95. The fourth-order valence-corrected chi connectivity index (χ4v) is 7.25. The number of benzene rings is 2. The van der Waals surface area contributed by atoms with Gasteiger partial charge in [0.25, 0.3) is 0 Å². The van der Waals surface area contributed by atoms with Gasteiger partial charge >= 0.3 is 6.09 Å². The molecule has 2 unspecified atom stereocenters. The summed E-state index contributed by atoms with van der Waals surface area (Å²) in [7, 11) is 0. The highest BCUT2D eigenvalue weighted by Gasteiger charge is 2.46. The van der Waals surface area contributed by atoms with E-state index in [0.717, 1.165) is 32.1 Å². The van der Waals surface area contributed by atoms with Gasteiger partial charge in [0.1, 0.15) is 12.4 Å². The first-order valence-corrected chi connectivity index (χ1v) is 13.3. The maximum atomic E-state index is 13.3. The van der Waals surface area contributed by atoms with Crippen molar-refractivity contribution in [3.63, 3.8) is 0 Å². The molecule has 4 nitrogen and oxygen atoms in total. The molecular formula is C30H35NO3. The molecule has 4 heteroatoms. The van der Waals surface area contributed by atoms with Crippen LogP contribution < -0.4 is 0 Å². The van der Waals surface area contributed by atoms with E-state index in [1.54, 1.807) is 0 Å². The van der Waals surface area contributed by atoms with Crippen LogP contribution in [0.15, 0.2) is 48.5 Å². The molecule has 4 aliphatic rings. The minimum Gasteiger partial charge on any atom is -0.448 e. The Labute approximate surface area is 202 Å². The second-order valence-electron chi connectivity index (χ2n) is 10.9. The largest absolute Gasteiger partial charge is 0.448 e. The Morgan fingerprint density at radius 2 is 1.38 bits per heavy atom. The molecule has 2 heterocycles. The average molecular weight is 458 g/mol. The van der Waals surface area contributed by atoms with Crippen molar-refractivity contribution in [2.45, 2.75) is 82.2 Å².